The van der Waals surface area contributed by atoms with Gasteiger partial charge in [0.25, 0.3) is 0 Å². The number of anilines is 1. The Hall–Kier alpha value is -1.88. The second-order valence-corrected chi connectivity index (χ2v) is 7.78. The SMILES string of the molecule is CC(C)CN1CCC(NC(=O)CC2CC(=O)Nc3ccccc32)CC1. The van der Waals surface area contributed by atoms with Crippen molar-refractivity contribution in [2.75, 3.05) is 25.0 Å². The molecule has 136 valence electrons. The lowest BCUT2D eigenvalue weighted by atomic mass is 9.87. The van der Waals surface area contributed by atoms with Crippen LogP contribution in [0.5, 0.6) is 0 Å². The molecule has 0 saturated carbocycles. The average molecular weight is 343 g/mol. The van der Waals surface area contributed by atoms with Gasteiger partial charge < -0.3 is 15.5 Å². The predicted octanol–water partition coefficient (Wildman–Crippen LogP) is 2.74. The summed E-state index contributed by atoms with van der Waals surface area (Å²) in [6, 6.07) is 8.06. The van der Waals surface area contributed by atoms with Gasteiger partial charge in [-0.2, -0.15) is 0 Å². The van der Waals surface area contributed by atoms with Crippen molar-refractivity contribution in [3.63, 3.8) is 0 Å². The van der Waals surface area contributed by atoms with Crippen molar-refractivity contribution in [1.29, 1.82) is 0 Å². The van der Waals surface area contributed by atoms with Crippen LogP contribution >= 0.6 is 0 Å². The van der Waals surface area contributed by atoms with Gasteiger partial charge in [-0.1, -0.05) is 32.0 Å². The fourth-order valence-electron chi connectivity index (χ4n) is 3.97. The molecule has 1 aromatic rings. The number of carbonyl (C=O) groups excluding carboxylic acids is 2. The molecular weight excluding hydrogens is 314 g/mol. The molecule has 1 saturated heterocycles. The van der Waals surface area contributed by atoms with Gasteiger partial charge in [0.05, 0.1) is 0 Å². The van der Waals surface area contributed by atoms with Gasteiger partial charge in [0.1, 0.15) is 0 Å². The van der Waals surface area contributed by atoms with E-state index in [1.54, 1.807) is 0 Å². The molecule has 2 amide bonds. The maximum Gasteiger partial charge on any atom is 0.225 e. The Morgan fingerprint density at radius 1 is 1.28 bits per heavy atom. The number of para-hydroxylation sites is 1. The molecule has 1 atom stereocenters. The van der Waals surface area contributed by atoms with Crippen LogP contribution in [0.15, 0.2) is 24.3 Å². The molecule has 2 heterocycles. The number of likely N-dealkylation sites (tertiary alicyclic amines) is 1. The molecule has 0 spiro atoms. The lowest BCUT2D eigenvalue weighted by Gasteiger charge is -2.33. The average Bonchev–Trinajstić information content (AvgIpc) is 2.56. The monoisotopic (exact) mass is 343 g/mol. The van der Waals surface area contributed by atoms with Gasteiger partial charge in [0.2, 0.25) is 11.8 Å². The fraction of sp³-hybridized carbons (Fsp3) is 0.600. The number of fused-ring (bicyclic) bond motifs is 1. The minimum Gasteiger partial charge on any atom is -0.353 e. The second-order valence-electron chi connectivity index (χ2n) is 7.78. The van der Waals surface area contributed by atoms with Crippen molar-refractivity contribution < 1.29 is 9.59 Å². The number of benzene rings is 1. The molecule has 25 heavy (non-hydrogen) atoms. The van der Waals surface area contributed by atoms with Gasteiger partial charge in [-0.05, 0) is 30.4 Å². The first-order chi connectivity index (χ1) is 12.0. The number of nitrogens with one attached hydrogen (secondary N) is 2. The van der Waals surface area contributed by atoms with E-state index in [1.165, 1.54) is 0 Å². The maximum atomic E-state index is 12.5. The van der Waals surface area contributed by atoms with E-state index >= 15 is 0 Å². The molecule has 0 radical (unpaired) electrons. The van der Waals surface area contributed by atoms with Gasteiger partial charge in [0, 0.05) is 50.1 Å². The van der Waals surface area contributed by atoms with E-state index in [2.05, 4.69) is 29.4 Å². The molecule has 5 heteroatoms. The number of piperidine rings is 1. The minimum atomic E-state index is -0.0222. The first-order valence-electron chi connectivity index (χ1n) is 9.41. The van der Waals surface area contributed by atoms with Crippen LogP contribution in [0, 0.1) is 5.92 Å². The molecule has 2 aliphatic heterocycles. The van der Waals surface area contributed by atoms with Gasteiger partial charge in [-0.15, -0.1) is 0 Å². The van der Waals surface area contributed by atoms with Crippen LogP contribution in [0.4, 0.5) is 5.69 Å². The third-order valence-electron chi connectivity index (χ3n) is 5.11. The van der Waals surface area contributed by atoms with Crippen LogP contribution in [0.2, 0.25) is 0 Å². The third-order valence-corrected chi connectivity index (χ3v) is 5.11. The van der Waals surface area contributed by atoms with Crippen LogP contribution in [0.25, 0.3) is 0 Å². The number of hydrogen-bond acceptors (Lipinski definition) is 3. The zero-order valence-corrected chi connectivity index (χ0v) is 15.3. The molecule has 2 aliphatic rings. The van der Waals surface area contributed by atoms with E-state index in [9.17, 15) is 9.59 Å². The topological polar surface area (TPSA) is 61.4 Å². The molecule has 0 bridgehead atoms. The summed E-state index contributed by atoms with van der Waals surface area (Å²) < 4.78 is 0. The zero-order chi connectivity index (χ0) is 17.8. The van der Waals surface area contributed by atoms with E-state index < -0.39 is 0 Å². The Bertz CT molecular complexity index is 621. The van der Waals surface area contributed by atoms with Gasteiger partial charge in [-0.3, -0.25) is 9.59 Å². The summed E-state index contributed by atoms with van der Waals surface area (Å²) in [6.07, 6.45) is 2.80. The molecule has 0 aromatic heterocycles. The van der Waals surface area contributed by atoms with E-state index in [4.69, 9.17) is 0 Å². The lowest BCUT2D eigenvalue weighted by molar-refractivity contribution is -0.122. The molecule has 2 N–H and O–H groups in total. The Morgan fingerprint density at radius 2 is 2.00 bits per heavy atom. The van der Waals surface area contributed by atoms with E-state index in [0.29, 0.717) is 18.8 Å². The van der Waals surface area contributed by atoms with Crippen molar-refractivity contribution in [1.82, 2.24) is 10.2 Å². The van der Waals surface area contributed by atoms with Crippen LogP contribution in [0.3, 0.4) is 0 Å². The summed E-state index contributed by atoms with van der Waals surface area (Å²) in [4.78, 5) is 26.9. The number of amides is 2. The van der Waals surface area contributed by atoms with Crippen LogP contribution < -0.4 is 10.6 Å². The largest absolute Gasteiger partial charge is 0.353 e. The van der Waals surface area contributed by atoms with Crippen LogP contribution in [-0.2, 0) is 9.59 Å². The predicted molar refractivity (Wildman–Crippen MR) is 99.5 cm³/mol. The molecule has 5 nitrogen and oxygen atoms in total. The van der Waals surface area contributed by atoms with Crippen molar-refractivity contribution >= 4 is 17.5 Å². The lowest BCUT2D eigenvalue weighted by Crippen LogP contribution is -2.45. The number of carbonyl (C=O) groups is 2. The van der Waals surface area contributed by atoms with Crippen molar-refractivity contribution in [2.24, 2.45) is 5.92 Å². The van der Waals surface area contributed by atoms with Gasteiger partial charge in [0.15, 0.2) is 0 Å². The molecule has 3 rings (SSSR count). The summed E-state index contributed by atoms with van der Waals surface area (Å²) >= 11 is 0. The standard InChI is InChI=1S/C20H29N3O2/c1-14(2)13-23-9-7-16(8-10-23)21-19(24)11-15-12-20(25)22-18-6-4-3-5-17(15)18/h3-6,14-16H,7-13H2,1-2H3,(H,21,24)(H,22,25). The Labute approximate surface area is 150 Å². The molecule has 0 aliphatic carbocycles. The fourth-order valence-corrected chi connectivity index (χ4v) is 3.97. The maximum absolute atomic E-state index is 12.5. The first kappa shape index (κ1) is 17.9. The second kappa shape index (κ2) is 8.00. The highest BCUT2D eigenvalue weighted by atomic mass is 16.2. The normalized spacial score (nSPS) is 21.7. The Balaban J connectivity index is 1.51. The Morgan fingerprint density at radius 3 is 2.72 bits per heavy atom. The van der Waals surface area contributed by atoms with E-state index in [0.717, 1.165) is 43.7 Å². The quantitative estimate of drug-likeness (QED) is 0.864. The van der Waals surface area contributed by atoms with Crippen molar-refractivity contribution in [3.8, 4) is 0 Å². The van der Waals surface area contributed by atoms with Gasteiger partial charge >= 0.3 is 0 Å². The van der Waals surface area contributed by atoms with Gasteiger partial charge in [-0.25, -0.2) is 0 Å². The summed E-state index contributed by atoms with van der Waals surface area (Å²) in [7, 11) is 0. The van der Waals surface area contributed by atoms with Crippen molar-refractivity contribution in [2.45, 2.75) is 51.5 Å². The van der Waals surface area contributed by atoms with E-state index in [-0.39, 0.29) is 23.8 Å². The highest BCUT2D eigenvalue weighted by Crippen LogP contribution is 2.34. The molecule has 1 unspecified atom stereocenters. The minimum absolute atomic E-state index is 0.00139. The van der Waals surface area contributed by atoms with Crippen LogP contribution in [-0.4, -0.2) is 42.4 Å². The molecule has 1 fully saturated rings. The van der Waals surface area contributed by atoms with Crippen molar-refractivity contribution in [3.05, 3.63) is 29.8 Å². The van der Waals surface area contributed by atoms with E-state index in [1.807, 2.05) is 24.3 Å². The zero-order valence-electron chi connectivity index (χ0n) is 15.3. The highest BCUT2D eigenvalue weighted by molar-refractivity contribution is 5.95. The summed E-state index contributed by atoms with van der Waals surface area (Å²) in [5, 5.41) is 6.08. The van der Waals surface area contributed by atoms with Crippen LogP contribution in [0.1, 0.15) is 51.0 Å². The number of hydrogen-bond donors (Lipinski definition) is 2. The molecule has 1 aromatic carbocycles. The Kier molecular flexibility index (Phi) is 5.74. The number of nitrogens with zero attached hydrogens (tertiary/aromatic N) is 1. The highest BCUT2D eigenvalue weighted by Gasteiger charge is 2.28. The first-order valence-corrected chi connectivity index (χ1v) is 9.41. The number of rotatable bonds is 5. The summed E-state index contributed by atoms with van der Waals surface area (Å²) in [6.45, 7) is 7.72. The summed E-state index contributed by atoms with van der Waals surface area (Å²) in [5.41, 5.74) is 1.92. The smallest absolute Gasteiger partial charge is 0.225 e. The molecular formula is C20H29N3O2. The summed E-state index contributed by atoms with van der Waals surface area (Å²) in [5.74, 6) is 0.727. The third kappa shape index (κ3) is 4.82.